The van der Waals surface area contributed by atoms with Crippen molar-refractivity contribution in [2.24, 2.45) is 0 Å². The van der Waals surface area contributed by atoms with Gasteiger partial charge in [-0.05, 0) is 30.5 Å². The number of rotatable bonds is 5. The van der Waals surface area contributed by atoms with Crippen LogP contribution in [0.5, 0.6) is 0 Å². The summed E-state index contributed by atoms with van der Waals surface area (Å²) in [5, 5.41) is 0. The number of ether oxygens (including phenoxy) is 1. The van der Waals surface area contributed by atoms with Crippen LogP contribution in [0.25, 0.3) is 0 Å². The van der Waals surface area contributed by atoms with Crippen molar-refractivity contribution in [3.8, 4) is 0 Å². The maximum Gasteiger partial charge on any atom is 0.249 e. The predicted octanol–water partition coefficient (Wildman–Crippen LogP) is 2.59. The number of carbonyl (C=O) groups is 1. The highest BCUT2D eigenvalue weighted by Gasteiger charge is 2.32. The second-order valence-corrected chi connectivity index (χ2v) is 5.23. The van der Waals surface area contributed by atoms with Gasteiger partial charge in [0.1, 0.15) is 6.61 Å². The fraction of sp³-hybridized carbons (Fsp3) is 0.462. The maximum absolute atomic E-state index is 11.9. The van der Waals surface area contributed by atoms with Gasteiger partial charge >= 0.3 is 0 Å². The molecule has 0 heterocycles. The highest BCUT2D eigenvalue weighted by atomic mass is 79.9. The molecule has 0 radical (unpaired) electrons. The maximum atomic E-state index is 11.9. The Hall–Kier alpha value is -0.870. The van der Waals surface area contributed by atoms with E-state index in [0.29, 0.717) is 12.6 Å². The molecule has 1 amide bonds. The summed E-state index contributed by atoms with van der Waals surface area (Å²) in [6.07, 6.45) is 2.23. The Kier molecular flexibility index (Phi) is 4.18. The molecule has 0 atom stereocenters. The number of hydrogen-bond acceptors (Lipinski definition) is 2. The van der Waals surface area contributed by atoms with E-state index in [4.69, 9.17) is 4.74 Å². The van der Waals surface area contributed by atoms with Gasteiger partial charge in [0.2, 0.25) is 5.91 Å². The summed E-state index contributed by atoms with van der Waals surface area (Å²) >= 11 is 3.44. The first-order valence-corrected chi connectivity index (χ1v) is 6.53. The Morgan fingerprint density at radius 1 is 1.53 bits per heavy atom. The van der Waals surface area contributed by atoms with Crippen molar-refractivity contribution in [2.45, 2.75) is 25.4 Å². The predicted molar refractivity (Wildman–Crippen MR) is 69.6 cm³/mol. The van der Waals surface area contributed by atoms with Gasteiger partial charge in [-0.15, -0.1) is 0 Å². The molecule has 2 rings (SSSR count). The average molecular weight is 298 g/mol. The van der Waals surface area contributed by atoms with Crippen molar-refractivity contribution in [3.05, 3.63) is 34.3 Å². The van der Waals surface area contributed by atoms with Crippen LogP contribution in [-0.4, -0.2) is 30.6 Å². The van der Waals surface area contributed by atoms with Gasteiger partial charge in [-0.2, -0.15) is 0 Å². The third-order valence-corrected chi connectivity index (χ3v) is 3.31. The third kappa shape index (κ3) is 3.54. The number of halogens is 1. The minimum absolute atomic E-state index is 0.0787. The van der Waals surface area contributed by atoms with Crippen molar-refractivity contribution in [2.75, 3.05) is 13.7 Å². The number of methoxy groups -OCH3 is 1. The monoisotopic (exact) mass is 297 g/mol. The van der Waals surface area contributed by atoms with Crippen molar-refractivity contribution in [3.63, 3.8) is 0 Å². The lowest BCUT2D eigenvalue weighted by molar-refractivity contribution is -0.136. The van der Waals surface area contributed by atoms with E-state index in [1.807, 2.05) is 23.1 Å². The number of nitrogens with zero attached hydrogens (tertiary/aromatic N) is 1. The number of hydrogen-bond donors (Lipinski definition) is 0. The molecule has 92 valence electrons. The second-order valence-electron chi connectivity index (χ2n) is 4.32. The van der Waals surface area contributed by atoms with Gasteiger partial charge < -0.3 is 9.64 Å². The Morgan fingerprint density at radius 3 is 2.88 bits per heavy atom. The second kappa shape index (κ2) is 5.65. The molecule has 0 saturated heterocycles. The molecule has 0 aromatic heterocycles. The molecule has 1 aliphatic carbocycles. The summed E-state index contributed by atoms with van der Waals surface area (Å²) in [7, 11) is 1.56. The molecule has 4 heteroatoms. The van der Waals surface area contributed by atoms with Gasteiger partial charge in [0, 0.05) is 24.2 Å². The standard InChI is InChI=1S/C13H16BrNO2/c1-17-9-13(16)15(12-5-6-12)8-10-3-2-4-11(14)7-10/h2-4,7,12H,5-6,8-9H2,1H3. The van der Waals surface area contributed by atoms with Crippen LogP contribution in [0.15, 0.2) is 28.7 Å². The van der Waals surface area contributed by atoms with Gasteiger partial charge in [-0.1, -0.05) is 28.1 Å². The lowest BCUT2D eigenvalue weighted by Crippen LogP contribution is -2.35. The molecule has 1 aliphatic rings. The minimum Gasteiger partial charge on any atom is -0.375 e. The van der Waals surface area contributed by atoms with Crippen LogP contribution in [0.1, 0.15) is 18.4 Å². The van der Waals surface area contributed by atoms with Gasteiger partial charge in [0.05, 0.1) is 0 Å². The lowest BCUT2D eigenvalue weighted by Gasteiger charge is -2.22. The topological polar surface area (TPSA) is 29.5 Å². The van der Waals surface area contributed by atoms with Crippen molar-refractivity contribution in [1.29, 1.82) is 0 Å². The number of carbonyl (C=O) groups excluding carboxylic acids is 1. The van der Waals surface area contributed by atoms with Crippen LogP contribution in [0.2, 0.25) is 0 Å². The molecule has 1 aromatic carbocycles. The van der Waals surface area contributed by atoms with Gasteiger partial charge in [-0.25, -0.2) is 0 Å². The average Bonchev–Trinajstić information content (AvgIpc) is 3.10. The Morgan fingerprint density at radius 2 is 2.29 bits per heavy atom. The summed E-state index contributed by atoms with van der Waals surface area (Å²) < 4.78 is 5.97. The van der Waals surface area contributed by atoms with E-state index in [2.05, 4.69) is 22.0 Å². The highest BCUT2D eigenvalue weighted by molar-refractivity contribution is 9.10. The van der Waals surface area contributed by atoms with Crippen LogP contribution in [-0.2, 0) is 16.1 Å². The molecular weight excluding hydrogens is 282 g/mol. The first kappa shape index (κ1) is 12.6. The molecule has 0 unspecified atom stereocenters. The Bertz CT molecular complexity index is 404. The van der Waals surface area contributed by atoms with E-state index in [1.54, 1.807) is 7.11 Å². The highest BCUT2D eigenvalue weighted by Crippen LogP contribution is 2.28. The first-order valence-electron chi connectivity index (χ1n) is 5.73. The fourth-order valence-corrected chi connectivity index (χ4v) is 2.29. The fourth-order valence-electron chi connectivity index (χ4n) is 1.85. The summed E-state index contributed by atoms with van der Waals surface area (Å²) in [6.45, 7) is 0.844. The Labute approximate surface area is 110 Å². The molecule has 0 N–H and O–H groups in total. The van der Waals surface area contributed by atoms with Crippen LogP contribution in [0.4, 0.5) is 0 Å². The summed E-state index contributed by atoms with van der Waals surface area (Å²) in [5.74, 6) is 0.0787. The van der Waals surface area contributed by atoms with Crippen LogP contribution in [0.3, 0.4) is 0 Å². The molecular formula is C13H16BrNO2. The van der Waals surface area contributed by atoms with E-state index in [0.717, 1.165) is 22.9 Å². The van der Waals surface area contributed by atoms with Gasteiger partial charge in [0.25, 0.3) is 0 Å². The quantitative estimate of drug-likeness (QED) is 0.836. The SMILES string of the molecule is COCC(=O)N(Cc1cccc(Br)c1)C1CC1. The molecule has 3 nitrogen and oxygen atoms in total. The lowest BCUT2D eigenvalue weighted by atomic mass is 10.2. The normalized spacial score (nSPS) is 14.7. The van der Waals surface area contributed by atoms with E-state index in [1.165, 1.54) is 0 Å². The number of amides is 1. The molecule has 17 heavy (non-hydrogen) atoms. The van der Waals surface area contributed by atoms with Crippen molar-refractivity contribution in [1.82, 2.24) is 4.90 Å². The summed E-state index contributed by atoms with van der Waals surface area (Å²) in [5.41, 5.74) is 1.15. The summed E-state index contributed by atoms with van der Waals surface area (Å²) in [6, 6.07) is 8.49. The number of benzene rings is 1. The van der Waals surface area contributed by atoms with Crippen LogP contribution in [0, 0.1) is 0 Å². The molecule has 1 saturated carbocycles. The van der Waals surface area contributed by atoms with E-state index in [9.17, 15) is 4.79 Å². The first-order chi connectivity index (χ1) is 8.20. The molecule has 1 fully saturated rings. The van der Waals surface area contributed by atoms with E-state index >= 15 is 0 Å². The zero-order chi connectivity index (χ0) is 12.3. The van der Waals surface area contributed by atoms with Gasteiger partial charge in [-0.3, -0.25) is 4.79 Å². The zero-order valence-corrected chi connectivity index (χ0v) is 11.4. The van der Waals surface area contributed by atoms with Gasteiger partial charge in [0.15, 0.2) is 0 Å². The van der Waals surface area contributed by atoms with Crippen molar-refractivity contribution >= 4 is 21.8 Å². The smallest absolute Gasteiger partial charge is 0.249 e. The van der Waals surface area contributed by atoms with E-state index < -0.39 is 0 Å². The minimum atomic E-state index is 0.0787. The summed E-state index contributed by atoms with van der Waals surface area (Å²) in [4.78, 5) is 13.8. The van der Waals surface area contributed by atoms with Crippen LogP contribution < -0.4 is 0 Å². The van der Waals surface area contributed by atoms with Crippen LogP contribution >= 0.6 is 15.9 Å². The molecule has 0 spiro atoms. The molecule has 0 bridgehead atoms. The van der Waals surface area contributed by atoms with Crippen molar-refractivity contribution < 1.29 is 9.53 Å². The zero-order valence-electron chi connectivity index (χ0n) is 9.86. The molecule has 0 aliphatic heterocycles. The third-order valence-electron chi connectivity index (χ3n) is 2.82. The molecule has 1 aromatic rings. The van der Waals surface area contributed by atoms with E-state index in [-0.39, 0.29) is 12.5 Å². The largest absolute Gasteiger partial charge is 0.375 e. The Balaban J connectivity index is 2.05.